The number of carbonyl (C=O) groups excluding carboxylic acids is 1. The number of rotatable bonds is 11. The van der Waals surface area contributed by atoms with Crippen LogP contribution in [0.15, 0.2) is 29.3 Å². The first-order chi connectivity index (χ1) is 13.6. The number of methoxy groups -OCH3 is 1. The summed E-state index contributed by atoms with van der Waals surface area (Å²) < 4.78 is 11.1. The summed E-state index contributed by atoms with van der Waals surface area (Å²) in [5, 5.41) is 9.54. The lowest BCUT2D eigenvalue weighted by Crippen LogP contribution is -2.40. The predicted octanol–water partition coefficient (Wildman–Crippen LogP) is 2.94. The lowest BCUT2D eigenvalue weighted by Gasteiger charge is -2.24. The zero-order valence-electron chi connectivity index (χ0n) is 17.7. The first-order valence-corrected chi connectivity index (χ1v) is 10.2. The maximum Gasteiger partial charge on any atom is 0.223 e. The van der Waals surface area contributed by atoms with Gasteiger partial charge in [0, 0.05) is 31.6 Å². The van der Waals surface area contributed by atoms with Crippen LogP contribution in [0.2, 0.25) is 0 Å². The van der Waals surface area contributed by atoms with Gasteiger partial charge in [-0.25, -0.2) is 4.99 Å². The van der Waals surface area contributed by atoms with Gasteiger partial charge < -0.3 is 25.4 Å². The Balaban J connectivity index is 0.00000420. The van der Waals surface area contributed by atoms with E-state index in [1.165, 1.54) is 6.42 Å². The average molecular weight is 518 g/mol. The second-order valence-corrected chi connectivity index (χ2v) is 7.03. The molecule has 1 amide bonds. The zero-order valence-corrected chi connectivity index (χ0v) is 20.0. The van der Waals surface area contributed by atoms with Crippen molar-refractivity contribution in [1.29, 1.82) is 0 Å². The lowest BCUT2D eigenvalue weighted by molar-refractivity contribution is -0.127. The first kappa shape index (κ1) is 25.3. The Morgan fingerprint density at radius 1 is 1.21 bits per heavy atom. The summed E-state index contributed by atoms with van der Waals surface area (Å²) in [6.07, 6.45) is 4.06. The van der Waals surface area contributed by atoms with E-state index in [2.05, 4.69) is 20.9 Å². The van der Waals surface area contributed by atoms with E-state index in [4.69, 9.17) is 9.47 Å². The zero-order chi connectivity index (χ0) is 20.2. The Labute approximate surface area is 191 Å². The fourth-order valence-electron chi connectivity index (χ4n) is 2.83. The van der Waals surface area contributed by atoms with Gasteiger partial charge in [-0.05, 0) is 45.2 Å². The largest absolute Gasteiger partial charge is 0.497 e. The van der Waals surface area contributed by atoms with E-state index in [0.717, 1.165) is 49.8 Å². The van der Waals surface area contributed by atoms with Crippen LogP contribution in [0.1, 0.15) is 39.5 Å². The number of hydrogen-bond acceptors (Lipinski definition) is 4. The first-order valence-electron chi connectivity index (χ1n) is 10.2. The third-order valence-corrected chi connectivity index (χ3v) is 4.65. The number of halogens is 1. The summed E-state index contributed by atoms with van der Waals surface area (Å²) in [5.41, 5.74) is 0. The topological polar surface area (TPSA) is 84.0 Å². The van der Waals surface area contributed by atoms with Gasteiger partial charge in [0.05, 0.1) is 13.7 Å². The SMILES string of the molecule is CCNC(=NCC(C)Oc1cccc(OC)c1)NCCCNC(=O)C1CCC1.I. The Bertz CT molecular complexity index is 638. The smallest absolute Gasteiger partial charge is 0.223 e. The molecule has 1 aromatic rings. The summed E-state index contributed by atoms with van der Waals surface area (Å²) in [4.78, 5) is 16.4. The van der Waals surface area contributed by atoms with Gasteiger partial charge in [-0.15, -0.1) is 24.0 Å². The molecule has 1 atom stereocenters. The third-order valence-electron chi connectivity index (χ3n) is 4.65. The van der Waals surface area contributed by atoms with Crippen LogP contribution in [-0.4, -0.2) is 51.3 Å². The molecular weight excluding hydrogens is 483 g/mol. The van der Waals surface area contributed by atoms with E-state index in [9.17, 15) is 4.79 Å². The fourth-order valence-corrected chi connectivity index (χ4v) is 2.83. The maximum absolute atomic E-state index is 11.8. The van der Waals surface area contributed by atoms with Gasteiger partial charge in [0.25, 0.3) is 0 Å². The second kappa shape index (κ2) is 14.3. The minimum Gasteiger partial charge on any atom is -0.497 e. The predicted molar refractivity (Wildman–Crippen MR) is 127 cm³/mol. The van der Waals surface area contributed by atoms with E-state index in [1.54, 1.807) is 7.11 Å². The van der Waals surface area contributed by atoms with Gasteiger partial charge in [-0.2, -0.15) is 0 Å². The van der Waals surface area contributed by atoms with Gasteiger partial charge in [-0.3, -0.25) is 4.79 Å². The molecule has 0 aromatic heterocycles. The summed E-state index contributed by atoms with van der Waals surface area (Å²) in [5.74, 6) is 2.75. The van der Waals surface area contributed by atoms with Crippen molar-refractivity contribution in [3.05, 3.63) is 24.3 Å². The summed E-state index contributed by atoms with van der Waals surface area (Å²) >= 11 is 0. The molecule has 3 N–H and O–H groups in total. The summed E-state index contributed by atoms with van der Waals surface area (Å²) in [7, 11) is 1.64. The van der Waals surface area contributed by atoms with Gasteiger partial charge >= 0.3 is 0 Å². The quantitative estimate of drug-likeness (QED) is 0.182. The molecule has 1 saturated carbocycles. The number of hydrogen-bond donors (Lipinski definition) is 3. The molecule has 1 fully saturated rings. The molecule has 0 bridgehead atoms. The molecule has 0 heterocycles. The van der Waals surface area contributed by atoms with Crippen LogP contribution >= 0.6 is 24.0 Å². The van der Waals surface area contributed by atoms with Crippen LogP contribution in [0.5, 0.6) is 11.5 Å². The van der Waals surface area contributed by atoms with Crippen LogP contribution in [-0.2, 0) is 4.79 Å². The fraction of sp³-hybridized carbons (Fsp3) is 0.619. The Morgan fingerprint density at radius 3 is 2.59 bits per heavy atom. The molecule has 8 heteroatoms. The van der Waals surface area contributed by atoms with Crippen molar-refractivity contribution in [2.45, 2.75) is 45.6 Å². The number of nitrogens with zero attached hydrogens (tertiary/aromatic N) is 1. The molecule has 0 radical (unpaired) electrons. The highest BCUT2D eigenvalue weighted by molar-refractivity contribution is 14.0. The number of carbonyl (C=O) groups is 1. The Morgan fingerprint density at radius 2 is 1.93 bits per heavy atom. The number of aliphatic imine (C=N–C) groups is 1. The molecule has 164 valence electrons. The number of benzene rings is 1. The van der Waals surface area contributed by atoms with E-state index in [-0.39, 0.29) is 41.9 Å². The minimum absolute atomic E-state index is 0. The highest BCUT2D eigenvalue weighted by Crippen LogP contribution is 2.26. The van der Waals surface area contributed by atoms with E-state index in [1.807, 2.05) is 38.1 Å². The Hall–Kier alpha value is -1.71. The molecule has 1 unspecified atom stereocenters. The van der Waals surface area contributed by atoms with Gasteiger partial charge in [0.15, 0.2) is 5.96 Å². The number of guanidine groups is 1. The van der Waals surface area contributed by atoms with Crippen LogP contribution in [0.25, 0.3) is 0 Å². The standard InChI is InChI=1S/C21H34N4O3.HI/c1-4-22-21(24-13-7-12-23-20(26)17-8-5-9-17)25-15-16(2)28-19-11-6-10-18(14-19)27-3;/h6,10-11,14,16-17H,4-5,7-9,12-13,15H2,1-3H3,(H,23,26)(H2,22,24,25);1H. The summed E-state index contributed by atoms with van der Waals surface area (Å²) in [6.45, 7) is 6.79. The van der Waals surface area contributed by atoms with Crippen molar-refractivity contribution in [2.24, 2.45) is 10.9 Å². The number of ether oxygens (including phenoxy) is 2. The lowest BCUT2D eigenvalue weighted by atomic mass is 9.85. The van der Waals surface area contributed by atoms with E-state index >= 15 is 0 Å². The molecule has 0 saturated heterocycles. The van der Waals surface area contributed by atoms with Crippen molar-refractivity contribution in [3.8, 4) is 11.5 Å². The van der Waals surface area contributed by atoms with Crippen LogP contribution < -0.4 is 25.4 Å². The monoisotopic (exact) mass is 518 g/mol. The molecule has 29 heavy (non-hydrogen) atoms. The van der Waals surface area contributed by atoms with E-state index in [0.29, 0.717) is 13.1 Å². The molecule has 0 aliphatic heterocycles. The van der Waals surface area contributed by atoms with Crippen LogP contribution in [0, 0.1) is 5.92 Å². The van der Waals surface area contributed by atoms with E-state index < -0.39 is 0 Å². The van der Waals surface area contributed by atoms with Gasteiger partial charge in [-0.1, -0.05) is 12.5 Å². The minimum atomic E-state index is -0.0654. The second-order valence-electron chi connectivity index (χ2n) is 7.03. The molecule has 2 rings (SSSR count). The molecule has 1 aliphatic carbocycles. The normalized spacial score (nSPS) is 14.8. The van der Waals surface area contributed by atoms with Gasteiger partial charge in [0.2, 0.25) is 5.91 Å². The maximum atomic E-state index is 11.8. The van der Waals surface area contributed by atoms with Crippen molar-refractivity contribution in [2.75, 3.05) is 33.3 Å². The van der Waals surface area contributed by atoms with Crippen LogP contribution in [0.3, 0.4) is 0 Å². The Kier molecular flexibility index (Phi) is 12.5. The highest BCUT2D eigenvalue weighted by Gasteiger charge is 2.24. The average Bonchev–Trinajstić information content (AvgIpc) is 2.64. The van der Waals surface area contributed by atoms with Crippen molar-refractivity contribution < 1.29 is 14.3 Å². The summed E-state index contributed by atoms with van der Waals surface area (Å²) in [6, 6.07) is 7.56. The number of nitrogens with one attached hydrogen (secondary N) is 3. The van der Waals surface area contributed by atoms with Crippen molar-refractivity contribution in [3.63, 3.8) is 0 Å². The van der Waals surface area contributed by atoms with Crippen molar-refractivity contribution in [1.82, 2.24) is 16.0 Å². The molecule has 0 spiro atoms. The highest BCUT2D eigenvalue weighted by atomic mass is 127. The van der Waals surface area contributed by atoms with Crippen molar-refractivity contribution >= 4 is 35.8 Å². The molecule has 1 aliphatic rings. The molecular formula is C21H35IN4O3. The van der Waals surface area contributed by atoms with Crippen LogP contribution in [0.4, 0.5) is 0 Å². The third kappa shape index (κ3) is 9.56. The number of amides is 1. The molecule has 7 nitrogen and oxygen atoms in total. The van der Waals surface area contributed by atoms with Gasteiger partial charge in [0.1, 0.15) is 17.6 Å². The molecule has 1 aromatic carbocycles.